The van der Waals surface area contributed by atoms with Crippen LogP contribution in [0.1, 0.15) is 0 Å². The fourth-order valence-electron chi connectivity index (χ4n) is 1.27. The molecule has 0 spiro atoms. The van der Waals surface area contributed by atoms with Gasteiger partial charge in [-0.3, -0.25) is 0 Å². The summed E-state index contributed by atoms with van der Waals surface area (Å²) in [5.41, 5.74) is 0. The van der Waals surface area contributed by atoms with Crippen molar-refractivity contribution in [2.75, 3.05) is 0 Å². The highest BCUT2D eigenvalue weighted by Crippen LogP contribution is 2.49. The molecule has 0 amide bonds. The molecule has 2 aromatic rings. The number of para-hydroxylation sites is 2. The van der Waals surface area contributed by atoms with Gasteiger partial charge in [-0.15, -0.1) is 0 Å². The van der Waals surface area contributed by atoms with Crippen molar-refractivity contribution in [3.05, 3.63) is 60.7 Å². The van der Waals surface area contributed by atoms with Gasteiger partial charge in [-0.05, 0) is 28.8 Å². The Labute approximate surface area is 103 Å². The van der Waals surface area contributed by atoms with Crippen LogP contribution in [0.25, 0.3) is 0 Å². The third-order valence-electron chi connectivity index (χ3n) is 2.01. The van der Waals surface area contributed by atoms with E-state index in [-0.39, 0.29) is 11.5 Å². The van der Waals surface area contributed by atoms with Gasteiger partial charge in [-0.2, -0.15) is 0 Å². The number of benzene rings is 2. The second kappa shape index (κ2) is 5.67. The summed E-state index contributed by atoms with van der Waals surface area (Å²) in [4.78, 5) is 0. The molecule has 2 rings (SSSR count). The number of halogens is 1. The minimum Gasteiger partial charge on any atom is -0.393 e. The van der Waals surface area contributed by atoms with Gasteiger partial charge in [0.25, 0.3) is 0 Å². The number of hydrogen-bond acceptors (Lipinski definition) is 4. The van der Waals surface area contributed by atoms with E-state index in [0.29, 0.717) is 0 Å². The summed E-state index contributed by atoms with van der Waals surface area (Å²) in [7, 11) is -4.31. The lowest BCUT2D eigenvalue weighted by Gasteiger charge is -2.14. The first kappa shape index (κ1) is 12.6. The fraction of sp³-hybridized carbons (Fsp3) is 0. The Kier molecular flexibility index (Phi) is 3.97. The zero-order valence-corrected chi connectivity index (χ0v) is 10.1. The molecule has 4 nitrogen and oxygen atoms in total. The molecular weight excluding hydrogens is 258 g/mol. The van der Waals surface area contributed by atoms with Crippen LogP contribution in [0.5, 0.6) is 11.5 Å². The van der Waals surface area contributed by atoms with E-state index in [4.69, 9.17) is 9.05 Å². The zero-order chi connectivity index (χ0) is 12.8. The fourth-order valence-corrected chi connectivity index (χ4v) is 2.12. The molecule has 0 heterocycles. The monoisotopic (exact) mass is 268 g/mol. The standard InChI is InChI=1S/C12H10FO4P/c13-17-18(14,15-11-7-3-1-4-8-11)16-12-9-5-2-6-10-12/h1-10H. The summed E-state index contributed by atoms with van der Waals surface area (Å²) in [5, 5.41) is 0. The molecule has 0 aliphatic carbocycles. The largest absolute Gasteiger partial charge is 0.619 e. The second-order valence-electron chi connectivity index (χ2n) is 3.32. The molecule has 2 aromatic carbocycles. The lowest BCUT2D eigenvalue weighted by atomic mass is 10.3. The Morgan fingerprint density at radius 2 is 1.17 bits per heavy atom. The number of phosphoric acid groups is 1. The molecular formula is C12H10FO4P. The van der Waals surface area contributed by atoms with Gasteiger partial charge < -0.3 is 9.05 Å². The Morgan fingerprint density at radius 3 is 1.50 bits per heavy atom. The van der Waals surface area contributed by atoms with Crippen LogP contribution in [0.4, 0.5) is 4.53 Å². The first-order valence-corrected chi connectivity index (χ1v) is 6.57. The van der Waals surface area contributed by atoms with Gasteiger partial charge in [-0.25, -0.2) is 4.57 Å². The van der Waals surface area contributed by atoms with Gasteiger partial charge >= 0.3 is 7.82 Å². The van der Waals surface area contributed by atoms with Crippen molar-refractivity contribution in [2.45, 2.75) is 0 Å². The van der Waals surface area contributed by atoms with Crippen LogP contribution in [0.3, 0.4) is 0 Å². The molecule has 0 N–H and O–H groups in total. The molecule has 0 saturated heterocycles. The van der Waals surface area contributed by atoms with Gasteiger partial charge in [0.05, 0.1) is 0 Å². The summed E-state index contributed by atoms with van der Waals surface area (Å²) < 4.78 is 37.4. The predicted octanol–water partition coefficient (Wildman–Crippen LogP) is 4.15. The van der Waals surface area contributed by atoms with E-state index in [0.717, 1.165) is 0 Å². The molecule has 0 atom stereocenters. The third kappa shape index (κ3) is 3.32. The van der Waals surface area contributed by atoms with E-state index in [1.54, 1.807) is 36.4 Å². The second-order valence-corrected chi connectivity index (χ2v) is 4.72. The van der Waals surface area contributed by atoms with Crippen LogP contribution >= 0.6 is 7.82 Å². The van der Waals surface area contributed by atoms with Gasteiger partial charge in [0.1, 0.15) is 11.5 Å². The molecule has 0 aliphatic rings. The summed E-state index contributed by atoms with van der Waals surface area (Å²) in [5.74, 6) is 0.379. The molecule has 0 bridgehead atoms. The summed E-state index contributed by atoms with van der Waals surface area (Å²) >= 11 is 0. The van der Waals surface area contributed by atoms with Crippen LogP contribution in [0.2, 0.25) is 0 Å². The van der Waals surface area contributed by atoms with Crippen LogP contribution in [-0.2, 0) is 9.29 Å². The SMILES string of the molecule is O=P(OF)(Oc1ccccc1)Oc1ccccc1. The highest BCUT2D eigenvalue weighted by molar-refractivity contribution is 7.49. The minimum atomic E-state index is -4.31. The van der Waals surface area contributed by atoms with E-state index in [1.807, 2.05) is 0 Å². The van der Waals surface area contributed by atoms with Crippen molar-refractivity contribution in [3.63, 3.8) is 0 Å². The van der Waals surface area contributed by atoms with Crippen molar-refractivity contribution in [2.24, 2.45) is 0 Å². The molecule has 0 aromatic heterocycles. The Hall–Kier alpha value is -1.84. The molecule has 6 heteroatoms. The summed E-state index contributed by atoms with van der Waals surface area (Å²) in [6.45, 7) is 0. The molecule has 0 saturated carbocycles. The van der Waals surface area contributed by atoms with Crippen LogP contribution in [0.15, 0.2) is 60.7 Å². The first-order chi connectivity index (χ1) is 8.72. The average molecular weight is 268 g/mol. The normalized spacial score (nSPS) is 10.9. The predicted molar refractivity (Wildman–Crippen MR) is 63.9 cm³/mol. The Morgan fingerprint density at radius 1 is 0.778 bits per heavy atom. The first-order valence-electron chi connectivity index (χ1n) is 5.11. The smallest absolute Gasteiger partial charge is 0.393 e. The summed E-state index contributed by atoms with van der Waals surface area (Å²) in [6.07, 6.45) is 0. The molecule has 18 heavy (non-hydrogen) atoms. The maximum Gasteiger partial charge on any atom is 0.619 e. The van der Waals surface area contributed by atoms with E-state index in [1.165, 1.54) is 24.3 Å². The summed E-state index contributed by atoms with van der Waals surface area (Å²) in [6, 6.07) is 16.2. The Balaban J connectivity index is 2.14. The van der Waals surface area contributed by atoms with Gasteiger partial charge in [0, 0.05) is 0 Å². The maximum atomic E-state index is 12.4. The van der Waals surface area contributed by atoms with Crippen molar-refractivity contribution in [1.29, 1.82) is 0 Å². The third-order valence-corrected chi connectivity index (χ3v) is 3.04. The number of rotatable bonds is 5. The van der Waals surface area contributed by atoms with E-state index < -0.39 is 7.82 Å². The van der Waals surface area contributed by atoms with Crippen molar-refractivity contribution in [1.82, 2.24) is 0 Å². The lowest BCUT2D eigenvalue weighted by molar-refractivity contribution is -0.0337. The van der Waals surface area contributed by atoms with Crippen LogP contribution < -0.4 is 9.05 Å². The van der Waals surface area contributed by atoms with Crippen LogP contribution in [-0.4, -0.2) is 0 Å². The topological polar surface area (TPSA) is 44.8 Å². The highest BCUT2D eigenvalue weighted by atomic mass is 31.2. The van der Waals surface area contributed by atoms with E-state index in [2.05, 4.69) is 4.73 Å². The minimum absolute atomic E-state index is 0.189. The molecule has 0 fully saturated rings. The van der Waals surface area contributed by atoms with E-state index in [9.17, 15) is 9.09 Å². The molecule has 0 aliphatic heterocycles. The van der Waals surface area contributed by atoms with Crippen molar-refractivity contribution < 1.29 is 22.9 Å². The number of hydrogen-bond donors (Lipinski definition) is 0. The average Bonchev–Trinajstić information content (AvgIpc) is 2.41. The Bertz CT molecular complexity index is 487. The molecule has 94 valence electrons. The van der Waals surface area contributed by atoms with Crippen molar-refractivity contribution in [3.8, 4) is 11.5 Å². The van der Waals surface area contributed by atoms with Gasteiger partial charge in [0.2, 0.25) is 0 Å². The van der Waals surface area contributed by atoms with Crippen LogP contribution in [0, 0.1) is 0 Å². The highest BCUT2D eigenvalue weighted by Gasteiger charge is 2.32. The maximum absolute atomic E-state index is 12.4. The van der Waals surface area contributed by atoms with Gasteiger partial charge in [-0.1, -0.05) is 41.1 Å². The van der Waals surface area contributed by atoms with Crippen molar-refractivity contribution >= 4 is 7.82 Å². The lowest BCUT2D eigenvalue weighted by Crippen LogP contribution is -2.01. The molecule has 0 radical (unpaired) electrons. The zero-order valence-electron chi connectivity index (χ0n) is 9.23. The van der Waals surface area contributed by atoms with Gasteiger partial charge in [0.15, 0.2) is 0 Å². The van der Waals surface area contributed by atoms with E-state index >= 15 is 0 Å². The molecule has 0 unspecified atom stereocenters. The number of phosphoric ester groups is 1. The quantitative estimate of drug-likeness (QED) is 0.764.